The maximum absolute atomic E-state index is 11.7. The van der Waals surface area contributed by atoms with E-state index >= 15 is 0 Å². The van der Waals surface area contributed by atoms with E-state index in [4.69, 9.17) is 23.7 Å². The number of hydrogen-bond donors (Lipinski definition) is 10. The number of nitrogens with one attached hydrogen (secondary N) is 1. The average molecular weight is 529 g/mol. The molecule has 210 valence electrons. The first-order valence-electron chi connectivity index (χ1n) is 11.4. The molecule has 0 spiro atoms. The Morgan fingerprint density at radius 1 is 0.722 bits per heavy atom. The Balaban J connectivity index is 1.88. The molecule has 1 amide bonds. The van der Waals surface area contributed by atoms with E-state index in [2.05, 4.69) is 5.32 Å². The van der Waals surface area contributed by atoms with Crippen LogP contribution in [0.3, 0.4) is 0 Å². The average Bonchev–Trinajstić information content (AvgIpc) is 2.84. The number of aliphatic hydroxyl groups excluding tert-OH is 9. The van der Waals surface area contributed by atoms with Crippen molar-refractivity contribution in [3.8, 4) is 0 Å². The lowest BCUT2D eigenvalue weighted by atomic mass is 9.95. The molecule has 0 aliphatic carbocycles. The van der Waals surface area contributed by atoms with Crippen LogP contribution in [0.1, 0.15) is 13.8 Å². The minimum absolute atomic E-state index is 0.639. The number of rotatable bonds is 7. The number of carbonyl (C=O) groups excluding carboxylic acids is 1. The minimum atomic E-state index is -1.89. The summed E-state index contributed by atoms with van der Waals surface area (Å²) in [6.45, 7) is 1.00. The largest absolute Gasteiger partial charge is 0.394 e. The summed E-state index contributed by atoms with van der Waals surface area (Å²) in [6, 6.07) is -1.41. The van der Waals surface area contributed by atoms with Gasteiger partial charge >= 0.3 is 0 Å². The zero-order chi connectivity index (χ0) is 26.9. The van der Waals surface area contributed by atoms with Gasteiger partial charge in [0.1, 0.15) is 67.1 Å². The van der Waals surface area contributed by atoms with E-state index in [1.54, 1.807) is 0 Å². The van der Waals surface area contributed by atoms with Gasteiger partial charge in [-0.25, -0.2) is 0 Å². The summed E-state index contributed by atoms with van der Waals surface area (Å²) < 4.78 is 27.4. The van der Waals surface area contributed by atoms with Crippen molar-refractivity contribution in [2.45, 2.75) is 106 Å². The van der Waals surface area contributed by atoms with Crippen LogP contribution in [0.4, 0.5) is 0 Å². The summed E-state index contributed by atoms with van der Waals surface area (Å²) in [4.78, 5) is 11.7. The standard InChI is InChI=1S/C20H35NO15/c1-5-10(25)14(29)15(30)20(32-5)36-17-16(12(27)8(4-23)33-18(17)31)35-19-9(21-6(2)24)13(28)11(26)7(3-22)34-19/h5,7-20,22-23,25-31H,3-4H2,1-2H3,(H,21,24)/t5-,7+,8+,9+,10+,11-,12-,13+,14+,15-,16-,17+,18+,19+,20-/m0/s1. The van der Waals surface area contributed by atoms with Gasteiger partial charge in [0.25, 0.3) is 0 Å². The third-order valence-corrected chi connectivity index (χ3v) is 6.46. The summed E-state index contributed by atoms with van der Waals surface area (Å²) in [5.74, 6) is -0.639. The lowest BCUT2D eigenvalue weighted by Crippen LogP contribution is -2.68. The van der Waals surface area contributed by atoms with Crippen LogP contribution >= 0.6 is 0 Å². The molecular weight excluding hydrogens is 494 g/mol. The van der Waals surface area contributed by atoms with Crippen LogP contribution in [0.5, 0.6) is 0 Å². The van der Waals surface area contributed by atoms with E-state index in [0.29, 0.717) is 0 Å². The number of hydrogen-bond acceptors (Lipinski definition) is 15. The molecule has 15 atom stereocenters. The zero-order valence-electron chi connectivity index (χ0n) is 19.5. The van der Waals surface area contributed by atoms with Gasteiger partial charge in [-0.3, -0.25) is 4.79 Å². The van der Waals surface area contributed by atoms with Crippen molar-refractivity contribution in [2.24, 2.45) is 0 Å². The van der Waals surface area contributed by atoms with E-state index in [1.807, 2.05) is 0 Å². The van der Waals surface area contributed by atoms with E-state index < -0.39 is 111 Å². The predicted octanol–water partition coefficient (Wildman–Crippen LogP) is -6.40. The maximum atomic E-state index is 11.7. The molecule has 3 saturated heterocycles. The highest BCUT2D eigenvalue weighted by Crippen LogP contribution is 2.32. The Labute approximate surface area is 205 Å². The highest BCUT2D eigenvalue weighted by molar-refractivity contribution is 5.73. The topological polar surface area (TPSA) is 257 Å². The molecule has 0 aromatic rings. The Bertz CT molecular complexity index is 731. The smallest absolute Gasteiger partial charge is 0.217 e. The first-order chi connectivity index (χ1) is 16.9. The molecule has 0 unspecified atom stereocenters. The van der Waals surface area contributed by atoms with E-state index in [9.17, 15) is 50.8 Å². The van der Waals surface area contributed by atoms with E-state index in [-0.39, 0.29) is 0 Å². The van der Waals surface area contributed by atoms with Gasteiger partial charge in [0.2, 0.25) is 5.91 Å². The molecule has 0 radical (unpaired) electrons. The first kappa shape index (κ1) is 29.5. The molecule has 16 heteroatoms. The summed E-state index contributed by atoms with van der Waals surface area (Å²) in [5, 5.41) is 93.7. The third kappa shape index (κ3) is 5.97. The second kappa shape index (κ2) is 12.2. The van der Waals surface area contributed by atoms with Crippen molar-refractivity contribution >= 4 is 5.91 Å². The fourth-order valence-corrected chi connectivity index (χ4v) is 4.38. The summed E-state index contributed by atoms with van der Waals surface area (Å²) >= 11 is 0. The van der Waals surface area contributed by atoms with Crippen molar-refractivity contribution in [3.63, 3.8) is 0 Å². The molecule has 10 N–H and O–H groups in total. The highest BCUT2D eigenvalue weighted by Gasteiger charge is 2.53. The van der Waals surface area contributed by atoms with Crippen LogP contribution in [0.25, 0.3) is 0 Å². The van der Waals surface area contributed by atoms with Gasteiger partial charge in [-0.05, 0) is 6.92 Å². The quantitative estimate of drug-likeness (QED) is 0.147. The molecular formula is C20H35NO15. The molecule has 36 heavy (non-hydrogen) atoms. The molecule has 0 aromatic carbocycles. The molecule has 16 nitrogen and oxygen atoms in total. The number of carbonyl (C=O) groups is 1. The molecule has 3 fully saturated rings. The summed E-state index contributed by atoms with van der Waals surface area (Å²) in [5.41, 5.74) is 0. The van der Waals surface area contributed by atoms with Crippen molar-refractivity contribution in [1.29, 1.82) is 0 Å². The predicted molar refractivity (Wildman–Crippen MR) is 111 cm³/mol. The van der Waals surface area contributed by atoms with Gasteiger partial charge in [-0.15, -0.1) is 0 Å². The van der Waals surface area contributed by atoms with Crippen LogP contribution < -0.4 is 5.32 Å². The molecule has 0 aromatic heterocycles. The third-order valence-electron chi connectivity index (χ3n) is 6.46. The Kier molecular flexibility index (Phi) is 9.97. The second-order valence-corrected chi connectivity index (χ2v) is 9.05. The second-order valence-electron chi connectivity index (χ2n) is 9.05. The Morgan fingerprint density at radius 3 is 1.89 bits per heavy atom. The first-order valence-corrected chi connectivity index (χ1v) is 11.4. The molecule has 3 aliphatic rings. The lowest BCUT2D eigenvalue weighted by molar-refractivity contribution is -0.380. The molecule has 3 heterocycles. The van der Waals surface area contributed by atoms with Gasteiger partial charge < -0.3 is 75.0 Å². The highest BCUT2D eigenvalue weighted by atomic mass is 16.8. The SMILES string of the molecule is CC(=O)N[C@H]1[C@@H](O[C@H]2[C@@H](O)[C@@H](CO)O[C@@H](O)[C@@H]2O[C@@H]2O[C@@H](C)[C@@H](O)[C@@H](O)[C@@H]2O)O[C@H](CO)[C@H](O)[C@@H]1O. The van der Waals surface area contributed by atoms with Gasteiger partial charge in [0.05, 0.1) is 19.3 Å². The van der Waals surface area contributed by atoms with Crippen LogP contribution in [0.15, 0.2) is 0 Å². The van der Waals surface area contributed by atoms with Crippen molar-refractivity contribution in [2.75, 3.05) is 13.2 Å². The van der Waals surface area contributed by atoms with Crippen molar-refractivity contribution in [1.82, 2.24) is 5.32 Å². The van der Waals surface area contributed by atoms with Gasteiger partial charge in [0.15, 0.2) is 18.9 Å². The molecule has 3 aliphatic heterocycles. The Morgan fingerprint density at radius 2 is 1.31 bits per heavy atom. The monoisotopic (exact) mass is 529 g/mol. The number of aliphatic hydroxyl groups is 9. The Hall–Kier alpha value is -1.09. The summed E-state index contributed by atoms with van der Waals surface area (Å²) in [7, 11) is 0. The fraction of sp³-hybridized carbons (Fsp3) is 0.950. The molecule has 0 bridgehead atoms. The van der Waals surface area contributed by atoms with E-state index in [1.165, 1.54) is 6.92 Å². The van der Waals surface area contributed by atoms with Crippen molar-refractivity contribution < 1.29 is 74.4 Å². The zero-order valence-corrected chi connectivity index (χ0v) is 19.5. The van der Waals surface area contributed by atoms with Gasteiger partial charge in [-0.2, -0.15) is 0 Å². The fourth-order valence-electron chi connectivity index (χ4n) is 4.38. The maximum Gasteiger partial charge on any atom is 0.217 e. The van der Waals surface area contributed by atoms with Gasteiger partial charge in [-0.1, -0.05) is 0 Å². The van der Waals surface area contributed by atoms with Crippen LogP contribution in [0.2, 0.25) is 0 Å². The normalized spacial score (nSPS) is 50.0. The minimum Gasteiger partial charge on any atom is -0.394 e. The lowest BCUT2D eigenvalue weighted by Gasteiger charge is -2.48. The van der Waals surface area contributed by atoms with Crippen LogP contribution in [-0.4, -0.2) is 157 Å². The summed E-state index contributed by atoms with van der Waals surface area (Å²) in [6.07, 6.45) is -22.1. The van der Waals surface area contributed by atoms with Gasteiger partial charge in [0, 0.05) is 6.92 Å². The molecule has 0 saturated carbocycles. The number of amides is 1. The number of ether oxygens (including phenoxy) is 5. The van der Waals surface area contributed by atoms with Crippen LogP contribution in [-0.2, 0) is 28.5 Å². The van der Waals surface area contributed by atoms with E-state index in [0.717, 1.165) is 6.92 Å². The molecule has 3 rings (SSSR count). The van der Waals surface area contributed by atoms with Crippen LogP contribution in [0, 0.1) is 0 Å². The van der Waals surface area contributed by atoms with Crippen molar-refractivity contribution in [3.05, 3.63) is 0 Å².